The lowest BCUT2D eigenvalue weighted by Gasteiger charge is -2.12. The van der Waals surface area contributed by atoms with Crippen molar-refractivity contribution in [3.05, 3.63) is 35.4 Å². The molecule has 0 saturated heterocycles. The Morgan fingerprint density at radius 2 is 2.25 bits per heavy atom. The van der Waals surface area contributed by atoms with Gasteiger partial charge < -0.3 is 14.6 Å². The molecule has 0 fully saturated rings. The molecular formula is C11H11ClO4. The SMILES string of the molecule is C=C(Cl)COc1c(OC)cccc1C(=O)O. The molecule has 1 aromatic carbocycles. The second-order valence-corrected chi connectivity index (χ2v) is 3.48. The molecule has 4 nitrogen and oxygen atoms in total. The number of hydrogen-bond donors (Lipinski definition) is 1. The van der Waals surface area contributed by atoms with Gasteiger partial charge in [-0.25, -0.2) is 4.79 Å². The fourth-order valence-corrected chi connectivity index (χ4v) is 1.20. The van der Waals surface area contributed by atoms with E-state index in [9.17, 15) is 4.79 Å². The molecule has 0 unspecified atom stereocenters. The zero-order valence-corrected chi connectivity index (χ0v) is 9.45. The number of methoxy groups -OCH3 is 1. The van der Waals surface area contributed by atoms with Crippen LogP contribution in [0.2, 0.25) is 0 Å². The van der Waals surface area contributed by atoms with E-state index in [0.29, 0.717) is 5.75 Å². The largest absolute Gasteiger partial charge is 0.493 e. The molecule has 0 spiro atoms. The number of hydrogen-bond acceptors (Lipinski definition) is 3. The van der Waals surface area contributed by atoms with Crippen LogP contribution in [-0.2, 0) is 0 Å². The first-order chi connectivity index (χ1) is 7.56. The third kappa shape index (κ3) is 2.90. The fraction of sp³-hybridized carbons (Fsp3) is 0.182. The van der Waals surface area contributed by atoms with Crippen LogP contribution in [0.25, 0.3) is 0 Å². The van der Waals surface area contributed by atoms with Crippen molar-refractivity contribution < 1.29 is 19.4 Å². The molecule has 0 atom stereocenters. The van der Waals surface area contributed by atoms with E-state index in [0.717, 1.165) is 0 Å². The number of ether oxygens (including phenoxy) is 2. The first-order valence-corrected chi connectivity index (χ1v) is 4.80. The van der Waals surface area contributed by atoms with Gasteiger partial charge in [0.2, 0.25) is 0 Å². The number of carbonyl (C=O) groups is 1. The Labute approximate surface area is 98.1 Å². The molecule has 0 amide bonds. The zero-order chi connectivity index (χ0) is 12.1. The van der Waals surface area contributed by atoms with Crippen LogP contribution < -0.4 is 9.47 Å². The summed E-state index contributed by atoms with van der Waals surface area (Å²) in [5.41, 5.74) is 0.0252. The Morgan fingerprint density at radius 3 is 2.75 bits per heavy atom. The van der Waals surface area contributed by atoms with Crippen molar-refractivity contribution >= 4 is 17.6 Å². The summed E-state index contributed by atoms with van der Waals surface area (Å²) in [5, 5.41) is 9.24. The first-order valence-electron chi connectivity index (χ1n) is 4.42. The van der Waals surface area contributed by atoms with E-state index < -0.39 is 5.97 Å². The molecule has 0 aliphatic rings. The van der Waals surface area contributed by atoms with Gasteiger partial charge in [0.15, 0.2) is 11.5 Å². The minimum absolute atomic E-state index is 0.0252. The van der Waals surface area contributed by atoms with Gasteiger partial charge >= 0.3 is 5.97 Å². The smallest absolute Gasteiger partial charge is 0.339 e. The normalized spacial score (nSPS) is 9.62. The molecule has 0 radical (unpaired) electrons. The second kappa shape index (κ2) is 5.42. The predicted octanol–water partition coefficient (Wildman–Crippen LogP) is 2.52. The standard InChI is InChI=1S/C11H11ClO4/c1-7(12)6-16-10-8(11(13)14)4-3-5-9(10)15-2/h3-5H,1,6H2,2H3,(H,13,14). The summed E-state index contributed by atoms with van der Waals surface area (Å²) < 4.78 is 10.3. The molecule has 86 valence electrons. The highest BCUT2D eigenvalue weighted by Crippen LogP contribution is 2.31. The summed E-state index contributed by atoms with van der Waals surface area (Å²) in [7, 11) is 1.43. The molecule has 1 aromatic rings. The maximum Gasteiger partial charge on any atom is 0.339 e. The van der Waals surface area contributed by atoms with Gasteiger partial charge in [0, 0.05) is 5.03 Å². The van der Waals surface area contributed by atoms with E-state index in [-0.39, 0.29) is 23.0 Å². The molecule has 0 aromatic heterocycles. The van der Waals surface area contributed by atoms with Gasteiger partial charge in [-0.05, 0) is 12.1 Å². The van der Waals surface area contributed by atoms with Crippen molar-refractivity contribution in [1.29, 1.82) is 0 Å². The number of rotatable bonds is 5. The van der Waals surface area contributed by atoms with Crippen LogP contribution in [-0.4, -0.2) is 24.8 Å². The fourth-order valence-electron chi connectivity index (χ4n) is 1.14. The van der Waals surface area contributed by atoms with Crippen molar-refractivity contribution in [2.45, 2.75) is 0 Å². The highest BCUT2D eigenvalue weighted by Gasteiger charge is 2.16. The van der Waals surface area contributed by atoms with Crippen molar-refractivity contribution in [2.24, 2.45) is 0 Å². The van der Waals surface area contributed by atoms with E-state index in [2.05, 4.69) is 6.58 Å². The second-order valence-electron chi connectivity index (χ2n) is 2.95. The third-order valence-electron chi connectivity index (χ3n) is 1.80. The van der Waals surface area contributed by atoms with Crippen LogP contribution in [0.1, 0.15) is 10.4 Å². The lowest BCUT2D eigenvalue weighted by atomic mass is 10.2. The van der Waals surface area contributed by atoms with Crippen LogP contribution in [0, 0.1) is 0 Å². The van der Waals surface area contributed by atoms with Gasteiger partial charge in [-0.2, -0.15) is 0 Å². The molecule has 0 aliphatic heterocycles. The Morgan fingerprint density at radius 1 is 1.56 bits per heavy atom. The van der Waals surface area contributed by atoms with E-state index >= 15 is 0 Å². The minimum Gasteiger partial charge on any atom is -0.493 e. The molecule has 16 heavy (non-hydrogen) atoms. The minimum atomic E-state index is -1.09. The van der Waals surface area contributed by atoms with Crippen LogP contribution >= 0.6 is 11.6 Å². The van der Waals surface area contributed by atoms with E-state index in [4.69, 9.17) is 26.2 Å². The average Bonchev–Trinajstić information content (AvgIpc) is 2.25. The number of benzene rings is 1. The topological polar surface area (TPSA) is 55.8 Å². The van der Waals surface area contributed by atoms with E-state index in [1.807, 2.05) is 0 Å². The number of carboxylic acids is 1. The van der Waals surface area contributed by atoms with E-state index in [1.165, 1.54) is 13.2 Å². The maximum atomic E-state index is 10.9. The van der Waals surface area contributed by atoms with E-state index in [1.54, 1.807) is 12.1 Å². The van der Waals surface area contributed by atoms with Crippen LogP contribution in [0.4, 0.5) is 0 Å². The highest BCUT2D eigenvalue weighted by molar-refractivity contribution is 6.29. The molecule has 1 N–H and O–H groups in total. The summed E-state index contributed by atoms with van der Waals surface area (Å²) in [5.74, 6) is -0.591. The zero-order valence-electron chi connectivity index (χ0n) is 8.70. The van der Waals surface area contributed by atoms with Crippen LogP contribution in [0.15, 0.2) is 29.8 Å². The average molecular weight is 243 g/mol. The maximum absolute atomic E-state index is 10.9. The van der Waals surface area contributed by atoms with Crippen molar-refractivity contribution in [2.75, 3.05) is 13.7 Å². The van der Waals surface area contributed by atoms with Crippen molar-refractivity contribution in [3.8, 4) is 11.5 Å². The summed E-state index contributed by atoms with van der Waals surface area (Å²) in [4.78, 5) is 10.9. The van der Waals surface area contributed by atoms with Gasteiger partial charge in [-0.1, -0.05) is 24.2 Å². The van der Waals surface area contributed by atoms with Gasteiger partial charge in [-0.3, -0.25) is 0 Å². The molecular weight excluding hydrogens is 232 g/mol. The molecule has 1 rings (SSSR count). The molecule has 0 bridgehead atoms. The molecule has 0 heterocycles. The number of halogens is 1. The summed E-state index contributed by atoms with van der Waals surface area (Å²) in [6.45, 7) is 3.48. The molecule has 0 saturated carbocycles. The van der Waals surface area contributed by atoms with Crippen molar-refractivity contribution in [3.63, 3.8) is 0 Å². The lowest BCUT2D eigenvalue weighted by Crippen LogP contribution is -2.05. The van der Waals surface area contributed by atoms with Gasteiger partial charge in [0.05, 0.1) is 7.11 Å². The predicted molar refractivity (Wildman–Crippen MR) is 60.4 cm³/mol. The Kier molecular flexibility index (Phi) is 4.19. The number of para-hydroxylation sites is 1. The Bertz CT molecular complexity index is 414. The molecule has 5 heteroatoms. The molecule has 0 aliphatic carbocycles. The number of aromatic carboxylic acids is 1. The summed E-state index contributed by atoms with van der Waals surface area (Å²) in [6.07, 6.45) is 0. The summed E-state index contributed by atoms with van der Waals surface area (Å²) in [6, 6.07) is 4.61. The summed E-state index contributed by atoms with van der Waals surface area (Å²) >= 11 is 5.55. The van der Waals surface area contributed by atoms with Gasteiger partial charge in [0.25, 0.3) is 0 Å². The van der Waals surface area contributed by atoms with Gasteiger partial charge in [0.1, 0.15) is 12.2 Å². The number of carboxylic acid groups (broad SMARTS) is 1. The van der Waals surface area contributed by atoms with Crippen LogP contribution in [0.3, 0.4) is 0 Å². The van der Waals surface area contributed by atoms with Crippen LogP contribution in [0.5, 0.6) is 11.5 Å². The third-order valence-corrected chi connectivity index (χ3v) is 1.91. The monoisotopic (exact) mass is 242 g/mol. The quantitative estimate of drug-likeness (QED) is 0.862. The Hall–Kier alpha value is -1.68. The highest BCUT2D eigenvalue weighted by atomic mass is 35.5. The Balaban J connectivity index is 3.09. The lowest BCUT2D eigenvalue weighted by molar-refractivity contribution is 0.0692. The van der Waals surface area contributed by atoms with Gasteiger partial charge in [-0.15, -0.1) is 0 Å². The van der Waals surface area contributed by atoms with Crippen molar-refractivity contribution in [1.82, 2.24) is 0 Å². The first kappa shape index (κ1) is 12.4.